The highest BCUT2D eigenvalue weighted by atomic mass is 16.5. The van der Waals surface area contributed by atoms with E-state index in [9.17, 15) is 9.59 Å². The van der Waals surface area contributed by atoms with Crippen molar-refractivity contribution in [1.29, 1.82) is 0 Å². The molecule has 0 unspecified atom stereocenters. The highest BCUT2D eigenvalue weighted by Gasteiger charge is 2.17. The average Bonchev–Trinajstić information content (AvgIpc) is 3.32. The summed E-state index contributed by atoms with van der Waals surface area (Å²) in [6.45, 7) is 0. The Morgan fingerprint density at radius 3 is 2.30 bits per heavy atom. The number of nitrogens with zero attached hydrogens (tertiary/aromatic N) is 2. The van der Waals surface area contributed by atoms with E-state index in [1.165, 1.54) is 0 Å². The van der Waals surface area contributed by atoms with Gasteiger partial charge in [0.2, 0.25) is 5.95 Å². The molecular weight excluding hydrogens is 422 g/mol. The Balaban J connectivity index is 1.50. The predicted molar refractivity (Wildman–Crippen MR) is 124 cm³/mol. The monoisotopic (exact) mass is 443 g/mol. The molecule has 0 spiro atoms. The standard InChI is InChI=1S/C24H21N5O4/c1-32-16-13-11-15(12-14-16)22(30)25-19-9-5-3-7-17(19)23(31)27-24-26-21(28-29-24)18-8-4-6-10-20(18)33-2/h3-14H,1-2H3,(H,25,30)(H2,26,27,28,29,31). The minimum Gasteiger partial charge on any atom is -0.497 e. The molecule has 33 heavy (non-hydrogen) atoms. The topological polar surface area (TPSA) is 118 Å². The first-order valence-electron chi connectivity index (χ1n) is 10.0. The van der Waals surface area contributed by atoms with Gasteiger partial charge in [0.1, 0.15) is 11.5 Å². The van der Waals surface area contributed by atoms with Crippen molar-refractivity contribution < 1.29 is 19.1 Å². The summed E-state index contributed by atoms with van der Waals surface area (Å²) in [5.74, 6) is 0.991. The Morgan fingerprint density at radius 1 is 0.818 bits per heavy atom. The van der Waals surface area contributed by atoms with Crippen LogP contribution in [0.5, 0.6) is 11.5 Å². The summed E-state index contributed by atoms with van der Waals surface area (Å²) in [4.78, 5) is 29.9. The lowest BCUT2D eigenvalue weighted by Crippen LogP contribution is -2.18. The van der Waals surface area contributed by atoms with Crippen LogP contribution in [-0.4, -0.2) is 41.2 Å². The molecule has 3 N–H and O–H groups in total. The van der Waals surface area contributed by atoms with Crippen molar-refractivity contribution in [2.45, 2.75) is 0 Å². The lowest BCUT2D eigenvalue weighted by molar-refractivity contribution is 0.102. The molecular formula is C24H21N5O4. The van der Waals surface area contributed by atoms with Crippen LogP contribution in [0.4, 0.5) is 11.6 Å². The number of hydrogen-bond acceptors (Lipinski definition) is 6. The van der Waals surface area contributed by atoms with E-state index in [-0.39, 0.29) is 17.4 Å². The highest BCUT2D eigenvalue weighted by Crippen LogP contribution is 2.27. The molecule has 2 amide bonds. The number of amides is 2. The molecule has 0 aliphatic carbocycles. The molecule has 0 bridgehead atoms. The Bertz CT molecular complexity index is 1280. The van der Waals surface area contributed by atoms with E-state index in [1.807, 2.05) is 18.2 Å². The lowest BCUT2D eigenvalue weighted by atomic mass is 10.1. The Kier molecular flexibility index (Phi) is 6.31. The van der Waals surface area contributed by atoms with Gasteiger partial charge in [0.15, 0.2) is 5.82 Å². The molecule has 9 nitrogen and oxygen atoms in total. The summed E-state index contributed by atoms with van der Waals surface area (Å²) in [6, 6.07) is 20.7. The molecule has 0 saturated carbocycles. The van der Waals surface area contributed by atoms with E-state index < -0.39 is 5.91 Å². The summed E-state index contributed by atoms with van der Waals surface area (Å²) >= 11 is 0. The number of methoxy groups -OCH3 is 2. The van der Waals surface area contributed by atoms with Gasteiger partial charge in [-0.05, 0) is 48.5 Å². The molecule has 3 aromatic carbocycles. The van der Waals surface area contributed by atoms with Gasteiger partial charge >= 0.3 is 0 Å². The van der Waals surface area contributed by atoms with E-state index in [0.717, 1.165) is 0 Å². The maximum absolute atomic E-state index is 12.9. The second kappa shape index (κ2) is 9.65. The van der Waals surface area contributed by atoms with Gasteiger partial charge in [0, 0.05) is 5.56 Å². The van der Waals surface area contributed by atoms with E-state index in [1.54, 1.807) is 68.8 Å². The van der Waals surface area contributed by atoms with Crippen molar-refractivity contribution in [2.24, 2.45) is 0 Å². The van der Waals surface area contributed by atoms with Crippen LogP contribution in [-0.2, 0) is 0 Å². The van der Waals surface area contributed by atoms with Crippen LogP contribution in [0.1, 0.15) is 20.7 Å². The number of para-hydroxylation sites is 2. The van der Waals surface area contributed by atoms with E-state index in [0.29, 0.717) is 34.1 Å². The van der Waals surface area contributed by atoms with Crippen molar-refractivity contribution in [2.75, 3.05) is 24.9 Å². The smallest absolute Gasteiger partial charge is 0.260 e. The molecule has 0 radical (unpaired) electrons. The number of rotatable bonds is 7. The Hall–Kier alpha value is -4.66. The van der Waals surface area contributed by atoms with Gasteiger partial charge in [0.05, 0.1) is 31.0 Å². The number of hydrogen-bond donors (Lipinski definition) is 3. The third-order valence-electron chi connectivity index (χ3n) is 4.84. The summed E-state index contributed by atoms with van der Waals surface area (Å²) in [5.41, 5.74) is 1.76. The van der Waals surface area contributed by atoms with Crippen molar-refractivity contribution in [3.63, 3.8) is 0 Å². The molecule has 0 saturated heterocycles. The van der Waals surface area contributed by atoms with Crippen molar-refractivity contribution >= 4 is 23.5 Å². The van der Waals surface area contributed by atoms with Gasteiger partial charge in [0.25, 0.3) is 11.8 Å². The van der Waals surface area contributed by atoms with Crippen molar-refractivity contribution in [3.8, 4) is 22.9 Å². The number of H-pyrrole nitrogens is 1. The van der Waals surface area contributed by atoms with Crippen LogP contribution in [0.15, 0.2) is 72.8 Å². The van der Waals surface area contributed by atoms with Gasteiger partial charge in [-0.25, -0.2) is 0 Å². The molecule has 1 heterocycles. The fourth-order valence-corrected chi connectivity index (χ4v) is 3.17. The maximum atomic E-state index is 12.9. The van der Waals surface area contributed by atoms with Crippen LogP contribution >= 0.6 is 0 Å². The minimum atomic E-state index is -0.466. The van der Waals surface area contributed by atoms with Crippen LogP contribution in [0.2, 0.25) is 0 Å². The summed E-state index contributed by atoms with van der Waals surface area (Å²) in [6.07, 6.45) is 0. The highest BCUT2D eigenvalue weighted by molar-refractivity contribution is 6.12. The Morgan fingerprint density at radius 2 is 1.55 bits per heavy atom. The second-order valence-corrected chi connectivity index (χ2v) is 6.89. The fraction of sp³-hybridized carbons (Fsp3) is 0.0833. The van der Waals surface area contributed by atoms with Crippen molar-refractivity contribution in [3.05, 3.63) is 83.9 Å². The van der Waals surface area contributed by atoms with Gasteiger partial charge in [-0.15, -0.1) is 5.10 Å². The normalized spacial score (nSPS) is 10.4. The van der Waals surface area contributed by atoms with E-state index in [2.05, 4.69) is 25.8 Å². The van der Waals surface area contributed by atoms with Gasteiger partial charge < -0.3 is 14.8 Å². The molecule has 0 atom stereocenters. The number of nitrogens with one attached hydrogen (secondary N) is 3. The number of aromatic nitrogens is 3. The van der Waals surface area contributed by atoms with Crippen LogP contribution in [0.3, 0.4) is 0 Å². The number of ether oxygens (including phenoxy) is 2. The third kappa shape index (κ3) is 4.82. The van der Waals surface area contributed by atoms with Crippen LogP contribution in [0, 0.1) is 0 Å². The number of anilines is 2. The number of aromatic amines is 1. The molecule has 9 heteroatoms. The van der Waals surface area contributed by atoms with Gasteiger partial charge in [-0.3, -0.25) is 20.0 Å². The quantitative estimate of drug-likeness (QED) is 0.397. The minimum absolute atomic E-state index is 0.0946. The fourth-order valence-electron chi connectivity index (χ4n) is 3.17. The van der Waals surface area contributed by atoms with E-state index in [4.69, 9.17) is 9.47 Å². The molecule has 166 valence electrons. The molecule has 4 aromatic rings. The zero-order valence-corrected chi connectivity index (χ0v) is 18.0. The zero-order valence-electron chi connectivity index (χ0n) is 18.0. The zero-order chi connectivity index (χ0) is 23.2. The SMILES string of the molecule is COc1ccc(C(=O)Nc2ccccc2C(=O)Nc2n[nH]c(-c3ccccc3OC)n2)cc1. The lowest BCUT2D eigenvalue weighted by Gasteiger charge is -2.10. The number of carbonyl (C=O) groups is 2. The first kappa shape index (κ1) is 21.6. The van der Waals surface area contributed by atoms with Crippen LogP contribution in [0.25, 0.3) is 11.4 Å². The number of carbonyl (C=O) groups excluding carboxylic acids is 2. The molecule has 0 aliphatic rings. The summed E-state index contributed by atoms with van der Waals surface area (Å²) < 4.78 is 10.5. The Labute approximate surface area is 189 Å². The van der Waals surface area contributed by atoms with E-state index >= 15 is 0 Å². The summed E-state index contributed by atoms with van der Waals surface area (Å²) in [5, 5.41) is 12.3. The average molecular weight is 443 g/mol. The van der Waals surface area contributed by atoms with Gasteiger partial charge in [-0.1, -0.05) is 24.3 Å². The first-order chi connectivity index (χ1) is 16.1. The van der Waals surface area contributed by atoms with Crippen LogP contribution < -0.4 is 20.1 Å². The molecule has 0 aliphatic heterocycles. The summed E-state index contributed by atoms with van der Waals surface area (Å²) in [7, 11) is 3.12. The first-order valence-corrected chi connectivity index (χ1v) is 10.0. The second-order valence-electron chi connectivity index (χ2n) is 6.89. The molecule has 0 fully saturated rings. The maximum Gasteiger partial charge on any atom is 0.260 e. The third-order valence-corrected chi connectivity index (χ3v) is 4.84. The predicted octanol–water partition coefficient (Wildman–Crippen LogP) is 3.99. The molecule has 1 aromatic heterocycles. The largest absolute Gasteiger partial charge is 0.497 e. The van der Waals surface area contributed by atoms with Crippen molar-refractivity contribution in [1.82, 2.24) is 15.2 Å². The number of benzene rings is 3. The molecule has 4 rings (SSSR count). The van der Waals surface area contributed by atoms with Gasteiger partial charge in [-0.2, -0.15) is 4.98 Å².